The second kappa shape index (κ2) is 4.52. The molecule has 1 aromatic heterocycles. The summed E-state index contributed by atoms with van der Waals surface area (Å²) < 4.78 is 27.4. The van der Waals surface area contributed by atoms with Crippen molar-refractivity contribution in [3.05, 3.63) is 57.5 Å². The fourth-order valence-corrected chi connectivity index (χ4v) is 1.64. The van der Waals surface area contributed by atoms with E-state index in [4.69, 9.17) is 0 Å². The zero-order valence-corrected chi connectivity index (χ0v) is 9.43. The number of nitro groups is 1. The molecule has 1 heterocycles. The Kier molecular flexibility index (Phi) is 3.05. The van der Waals surface area contributed by atoms with Crippen molar-refractivity contribution in [3.63, 3.8) is 0 Å². The lowest BCUT2D eigenvalue weighted by Crippen LogP contribution is -2.01. The van der Waals surface area contributed by atoms with E-state index in [0.717, 1.165) is 6.07 Å². The van der Waals surface area contributed by atoms with Crippen molar-refractivity contribution in [3.8, 4) is 0 Å². The van der Waals surface area contributed by atoms with Gasteiger partial charge in [0.25, 0.3) is 0 Å². The highest BCUT2D eigenvalue weighted by Crippen LogP contribution is 2.14. The predicted molar refractivity (Wildman–Crippen MR) is 59.1 cm³/mol. The summed E-state index contributed by atoms with van der Waals surface area (Å²) in [7, 11) is 0. The van der Waals surface area contributed by atoms with Gasteiger partial charge in [0.15, 0.2) is 0 Å². The van der Waals surface area contributed by atoms with E-state index in [-0.39, 0.29) is 12.4 Å². The van der Waals surface area contributed by atoms with Crippen LogP contribution in [0.3, 0.4) is 0 Å². The van der Waals surface area contributed by atoms with Gasteiger partial charge in [-0.05, 0) is 27.6 Å². The summed E-state index contributed by atoms with van der Waals surface area (Å²) in [5, 5.41) is 10.5. The van der Waals surface area contributed by atoms with Gasteiger partial charge in [-0.1, -0.05) is 0 Å². The van der Waals surface area contributed by atoms with E-state index in [1.54, 1.807) is 6.92 Å². The van der Waals surface area contributed by atoms with E-state index < -0.39 is 16.6 Å². The van der Waals surface area contributed by atoms with E-state index in [9.17, 15) is 18.9 Å². The number of hydrogen-bond donors (Lipinski definition) is 0. The molecule has 0 fully saturated rings. The highest BCUT2D eigenvalue weighted by atomic mass is 19.1. The number of aryl methyl sites for hydroxylation is 1. The van der Waals surface area contributed by atoms with Gasteiger partial charge in [-0.25, -0.2) is 8.78 Å². The summed E-state index contributed by atoms with van der Waals surface area (Å²) in [6.45, 7) is 1.71. The van der Waals surface area contributed by atoms with Crippen LogP contribution in [0.1, 0.15) is 11.4 Å². The molecule has 0 radical (unpaired) electrons. The van der Waals surface area contributed by atoms with Gasteiger partial charge < -0.3 is 14.7 Å². The van der Waals surface area contributed by atoms with Gasteiger partial charge in [0.1, 0.15) is 17.8 Å². The number of rotatable bonds is 3. The van der Waals surface area contributed by atoms with Crippen LogP contribution in [0, 0.1) is 28.7 Å². The number of halogens is 2. The van der Waals surface area contributed by atoms with Crippen LogP contribution in [0.15, 0.2) is 24.4 Å². The molecule has 0 spiro atoms. The summed E-state index contributed by atoms with van der Waals surface area (Å²) in [5.41, 5.74) is 0.378. The summed E-state index contributed by atoms with van der Waals surface area (Å²) in [5.74, 6) is -1.25. The summed E-state index contributed by atoms with van der Waals surface area (Å²) in [4.78, 5) is 13.6. The molecule has 7 heteroatoms. The van der Waals surface area contributed by atoms with E-state index in [2.05, 4.69) is 4.98 Å². The van der Waals surface area contributed by atoms with Gasteiger partial charge >= 0.3 is 5.82 Å². The first-order valence-electron chi connectivity index (χ1n) is 5.09. The van der Waals surface area contributed by atoms with Crippen molar-refractivity contribution in [2.75, 3.05) is 0 Å². The number of imidazole rings is 1. The number of nitrogens with zero attached hydrogens (tertiary/aromatic N) is 3. The minimum Gasteiger partial charge on any atom is -0.358 e. The van der Waals surface area contributed by atoms with Gasteiger partial charge in [0, 0.05) is 13.0 Å². The Balaban J connectivity index is 2.30. The Bertz CT molecular complexity index is 590. The van der Waals surface area contributed by atoms with Crippen LogP contribution in [0.2, 0.25) is 0 Å². The molecule has 5 nitrogen and oxygen atoms in total. The first-order valence-corrected chi connectivity index (χ1v) is 5.09. The molecular weight excluding hydrogens is 244 g/mol. The average Bonchev–Trinajstić information content (AvgIpc) is 2.59. The molecule has 18 heavy (non-hydrogen) atoms. The van der Waals surface area contributed by atoms with Crippen LogP contribution >= 0.6 is 0 Å². The van der Waals surface area contributed by atoms with Crippen LogP contribution in [-0.2, 0) is 6.54 Å². The van der Waals surface area contributed by atoms with Crippen molar-refractivity contribution in [1.29, 1.82) is 0 Å². The van der Waals surface area contributed by atoms with E-state index in [0.29, 0.717) is 11.4 Å². The first kappa shape index (κ1) is 12.2. The normalized spacial score (nSPS) is 10.6. The van der Waals surface area contributed by atoms with E-state index in [1.807, 2.05) is 0 Å². The number of aromatic nitrogens is 2. The minimum absolute atomic E-state index is 0.126. The fraction of sp³-hybridized carbons (Fsp3) is 0.182. The molecule has 0 amide bonds. The highest BCUT2D eigenvalue weighted by Gasteiger charge is 2.15. The Hall–Kier alpha value is -2.31. The minimum atomic E-state index is -0.683. The maximum absolute atomic E-state index is 13.0. The van der Waals surface area contributed by atoms with Gasteiger partial charge in [0.2, 0.25) is 5.82 Å². The van der Waals surface area contributed by atoms with Crippen molar-refractivity contribution in [1.82, 2.24) is 9.55 Å². The Morgan fingerprint density at radius 2 is 1.94 bits per heavy atom. The fourth-order valence-electron chi connectivity index (χ4n) is 1.64. The highest BCUT2D eigenvalue weighted by molar-refractivity contribution is 5.22. The first-order chi connectivity index (χ1) is 8.45. The second-order valence-corrected chi connectivity index (χ2v) is 3.81. The third-order valence-corrected chi connectivity index (χ3v) is 2.43. The average molecular weight is 253 g/mol. The number of benzene rings is 1. The molecule has 0 aliphatic heterocycles. The molecule has 2 rings (SSSR count). The van der Waals surface area contributed by atoms with Crippen LogP contribution in [0.5, 0.6) is 0 Å². The molecule has 0 bridgehead atoms. The second-order valence-electron chi connectivity index (χ2n) is 3.81. The lowest BCUT2D eigenvalue weighted by Gasteiger charge is -2.03. The Labute approximate surface area is 101 Å². The summed E-state index contributed by atoms with van der Waals surface area (Å²) >= 11 is 0. The monoisotopic (exact) mass is 253 g/mol. The van der Waals surface area contributed by atoms with Gasteiger partial charge in [0.05, 0.1) is 6.54 Å². The molecule has 0 saturated heterocycles. The molecular formula is C11H9F2N3O2. The molecule has 0 aliphatic rings. The maximum Gasteiger partial charge on any atom is 0.381 e. The van der Waals surface area contributed by atoms with Crippen molar-refractivity contribution < 1.29 is 13.7 Å². The SMILES string of the molecule is Cc1nc([N+](=O)[O-])cn1Cc1cc(F)cc(F)c1. The standard InChI is InChI=1S/C11H9F2N3O2/c1-7-14-11(16(17)18)6-15(7)5-8-2-9(12)4-10(13)3-8/h2-4,6H,5H2,1H3. The molecule has 2 aromatic rings. The van der Waals surface area contributed by atoms with Crippen LogP contribution in [-0.4, -0.2) is 14.5 Å². The molecule has 0 atom stereocenters. The van der Waals surface area contributed by atoms with Gasteiger partial charge in [-0.3, -0.25) is 0 Å². The third kappa shape index (κ3) is 2.50. The lowest BCUT2D eigenvalue weighted by molar-refractivity contribution is -0.389. The van der Waals surface area contributed by atoms with Crippen LogP contribution in [0.25, 0.3) is 0 Å². The van der Waals surface area contributed by atoms with Gasteiger partial charge in [-0.2, -0.15) is 0 Å². The largest absolute Gasteiger partial charge is 0.381 e. The molecule has 0 unspecified atom stereocenters. The molecule has 0 N–H and O–H groups in total. The Morgan fingerprint density at radius 1 is 1.33 bits per heavy atom. The lowest BCUT2D eigenvalue weighted by atomic mass is 10.2. The van der Waals surface area contributed by atoms with Gasteiger partial charge in [-0.15, -0.1) is 0 Å². The third-order valence-electron chi connectivity index (χ3n) is 2.43. The Morgan fingerprint density at radius 3 is 2.44 bits per heavy atom. The molecule has 94 valence electrons. The van der Waals surface area contributed by atoms with E-state index >= 15 is 0 Å². The molecule has 1 aromatic carbocycles. The van der Waals surface area contributed by atoms with Crippen molar-refractivity contribution in [2.45, 2.75) is 13.5 Å². The van der Waals surface area contributed by atoms with Crippen molar-refractivity contribution >= 4 is 5.82 Å². The maximum atomic E-state index is 13.0. The predicted octanol–water partition coefficient (Wildman–Crippen LogP) is 2.43. The zero-order chi connectivity index (χ0) is 13.3. The van der Waals surface area contributed by atoms with Crippen LogP contribution in [0.4, 0.5) is 14.6 Å². The number of hydrogen-bond acceptors (Lipinski definition) is 3. The molecule has 0 saturated carbocycles. The summed E-state index contributed by atoms with van der Waals surface area (Å²) in [6.07, 6.45) is 1.23. The quantitative estimate of drug-likeness (QED) is 0.623. The topological polar surface area (TPSA) is 61.0 Å². The van der Waals surface area contributed by atoms with Crippen LogP contribution < -0.4 is 0 Å². The summed E-state index contributed by atoms with van der Waals surface area (Å²) in [6, 6.07) is 3.12. The van der Waals surface area contributed by atoms with Crippen molar-refractivity contribution in [2.24, 2.45) is 0 Å². The zero-order valence-electron chi connectivity index (χ0n) is 9.43. The smallest absolute Gasteiger partial charge is 0.358 e. The van der Waals surface area contributed by atoms with E-state index in [1.165, 1.54) is 22.9 Å². The molecule has 0 aliphatic carbocycles.